The van der Waals surface area contributed by atoms with Gasteiger partial charge in [0, 0.05) is 23.0 Å². The summed E-state index contributed by atoms with van der Waals surface area (Å²) in [7, 11) is 0. The zero-order chi connectivity index (χ0) is 17.6. The van der Waals surface area contributed by atoms with E-state index in [4.69, 9.17) is 9.73 Å². The van der Waals surface area contributed by atoms with Crippen LogP contribution in [0.1, 0.15) is 43.2 Å². The van der Waals surface area contributed by atoms with Crippen molar-refractivity contribution < 1.29 is 13.5 Å². The maximum Gasteiger partial charge on any atom is 0.201 e. The summed E-state index contributed by atoms with van der Waals surface area (Å²) in [6, 6.07) is 4.32. The van der Waals surface area contributed by atoms with Crippen LogP contribution in [0.25, 0.3) is 0 Å². The maximum absolute atomic E-state index is 14.4. The molecule has 0 amide bonds. The highest BCUT2D eigenvalue weighted by atomic mass is 19.2. The largest absolute Gasteiger partial charge is 0.482 e. The molecule has 2 heterocycles. The van der Waals surface area contributed by atoms with Crippen LogP contribution in [-0.2, 0) is 0 Å². The van der Waals surface area contributed by atoms with Gasteiger partial charge in [-0.2, -0.15) is 4.39 Å². The molecule has 0 radical (unpaired) electrons. The van der Waals surface area contributed by atoms with Crippen LogP contribution >= 0.6 is 0 Å². The number of ether oxygens (including phenoxy) is 1. The number of aliphatic imine (C=N–C) groups is 1. The topological polar surface area (TPSA) is 34.5 Å². The molecule has 2 aromatic rings. The molecule has 1 aromatic carbocycles. The molecule has 0 unspecified atom stereocenters. The first kappa shape index (κ1) is 16.6. The minimum Gasteiger partial charge on any atom is -0.482 e. The number of fused-ring (bicyclic) bond motifs is 1. The highest BCUT2D eigenvalue weighted by molar-refractivity contribution is 6.14. The monoisotopic (exact) mass is 330 g/mol. The van der Waals surface area contributed by atoms with Crippen molar-refractivity contribution >= 4 is 5.71 Å². The van der Waals surface area contributed by atoms with E-state index in [9.17, 15) is 8.78 Å². The van der Waals surface area contributed by atoms with Crippen LogP contribution in [0.5, 0.6) is 5.75 Å². The van der Waals surface area contributed by atoms with Crippen LogP contribution in [0, 0.1) is 25.5 Å². The zero-order valence-electron chi connectivity index (χ0n) is 14.4. The lowest BCUT2D eigenvalue weighted by atomic mass is 9.99. The minimum absolute atomic E-state index is 0.0960. The standard InChI is InChI=1S/C19H20F2N2O/c1-10-8-13(9-22-11(10)2)17-14-6-7-15(20)16(21)18(14)24-19(4,5)12(3)23-17/h6-9,12H,1-5H3/t12-/m0/s1. The average Bonchev–Trinajstić information content (AvgIpc) is 2.62. The zero-order valence-corrected chi connectivity index (χ0v) is 14.4. The number of benzene rings is 1. The van der Waals surface area contributed by atoms with Crippen molar-refractivity contribution in [3.8, 4) is 5.75 Å². The minimum atomic E-state index is -0.987. The summed E-state index contributed by atoms with van der Waals surface area (Å²) in [6.07, 6.45) is 1.71. The van der Waals surface area contributed by atoms with Gasteiger partial charge in [-0.3, -0.25) is 9.98 Å². The Bertz CT molecular complexity index is 844. The summed E-state index contributed by atoms with van der Waals surface area (Å²) in [6.45, 7) is 9.41. The third-order valence-corrected chi connectivity index (χ3v) is 4.61. The van der Waals surface area contributed by atoms with Crippen molar-refractivity contribution in [3.63, 3.8) is 0 Å². The first-order valence-electron chi connectivity index (χ1n) is 7.89. The molecular weight excluding hydrogens is 310 g/mol. The van der Waals surface area contributed by atoms with E-state index >= 15 is 0 Å². The molecule has 5 heteroatoms. The van der Waals surface area contributed by atoms with Gasteiger partial charge in [0.15, 0.2) is 11.6 Å². The van der Waals surface area contributed by atoms with Gasteiger partial charge in [-0.15, -0.1) is 0 Å². The second-order valence-electron chi connectivity index (χ2n) is 6.72. The smallest absolute Gasteiger partial charge is 0.201 e. The van der Waals surface area contributed by atoms with Crippen LogP contribution < -0.4 is 4.74 Å². The van der Waals surface area contributed by atoms with Crippen LogP contribution in [-0.4, -0.2) is 22.3 Å². The fourth-order valence-corrected chi connectivity index (χ4v) is 2.59. The quantitative estimate of drug-likeness (QED) is 0.778. The molecule has 1 aliphatic rings. The molecule has 3 nitrogen and oxygen atoms in total. The Balaban J connectivity index is 2.28. The molecule has 1 aliphatic heterocycles. The van der Waals surface area contributed by atoms with Crippen LogP contribution in [0.15, 0.2) is 29.4 Å². The van der Waals surface area contributed by atoms with Crippen LogP contribution in [0.2, 0.25) is 0 Å². The number of halogens is 2. The van der Waals surface area contributed by atoms with Gasteiger partial charge in [-0.25, -0.2) is 4.39 Å². The van der Waals surface area contributed by atoms with Crippen molar-refractivity contribution in [2.45, 2.75) is 46.3 Å². The van der Waals surface area contributed by atoms with E-state index in [0.29, 0.717) is 11.3 Å². The Morgan fingerprint density at radius 2 is 1.88 bits per heavy atom. The molecule has 0 fully saturated rings. The second-order valence-corrected chi connectivity index (χ2v) is 6.72. The third-order valence-electron chi connectivity index (χ3n) is 4.61. The molecule has 0 spiro atoms. The van der Waals surface area contributed by atoms with Crippen LogP contribution in [0.3, 0.4) is 0 Å². The maximum atomic E-state index is 14.4. The van der Waals surface area contributed by atoms with E-state index in [1.807, 2.05) is 40.7 Å². The summed E-state index contributed by atoms with van der Waals surface area (Å²) >= 11 is 0. The normalized spacial score (nSPS) is 19.1. The van der Waals surface area contributed by atoms with Crippen molar-refractivity contribution in [1.29, 1.82) is 0 Å². The number of aryl methyl sites for hydroxylation is 2. The van der Waals surface area contributed by atoms with Crippen molar-refractivity contribution in [2.75, 3.05) is 0 Å². The SMILES string of the molecule is Cc1cc(C2=N[C@@H](C)C(C)(C)Oc3c2ccc(F)c3F)cnc1C. The molecule has 126 valence electrons. The molecule has 0 saturated heterocycles. The average molecular weight is 330 g/mol. The fraction of sp³-hybridized carbons (Fsp3) is 0.368. The van der Waals surface area contributed by atoms with Gasteiger partial charge >= 0.3 is 0 Å². The lowest BCUT2D eigenvalue weighted by Crippen LogP contribution is -2.38. The third kappa shape index (κ3) is 2.68. The lowest BCUT2D eigenvalue weighted by molar-refractivity contribution is 0.0831. The van der Waals surface area contributed by atoms with E-state index in [2.05, 4.69) is 4.98 Å². The number of hydrogen-bond donors (Lipinski definition) is 0. The number of rotatable bonds is 1. The van der Waals surface area contributed by atoms with Gasteiger partial charge in [0.2, 0.25) is 5.82 Å². The Morgan fingerprint density at radius 1 is 1.17 bits per heavy atom. The number of nitrogens with zero attached hydrogens (tertiary/aromatic N) is 2. The summed E-state index contributed by atoms with van der Waals surface area (Å²) < 4.78 is 33.9. The van der Waals surface area contributed by atoms with Crippen molar-refractivity contribution in [3.05, 3.63) is 58.4 Å². The van der Waals surface area contributed by atoms with Gasteiger partial charge in [-0.1, -0.05) is 0 Å². The number of hydrogen-bond acceptors (Lipinski definition) is 3. The molecule has 0 N–H and O–H groups in total. The van der Waals surface area contributed by atoms with E-state index < -0.39 is 17.2 Å². The van der Waals surface area contributed by atoms with Gasteiger partial charge < -0.3 is 4.74 Å². The van der Waals surface area contributed by atoms with E-state index in [1.54, 1.807) is 6.20 Å². The van der Waals surface area contributed by atoms with Gasteiger partial charge in [-0.05, 0) is 58.4 Å². The predicted molar refractivity (Wildman–Crippen MR) is 89.9 cm³/mol. The fourth-order valence-electron chi connectivity index (χ4n) is 2.59. The lowest BCUT2D eigenvalue weighted by Gasteiger charge is -2.29. The van der Waals surface area contributed by atoms with E-state index in [0.717, 1.165) is 22.9 Å². The second kappa shape index (κ2) is 5.65. The van der Waals surface area contributed by atoms with E-state index in [1.165, 1.54) is 6.07 Å². The van der Waals surface area contributed by atoms with Crippen molar-refractivity contribution in [2.24, 2.45) is 4.99 Å². The van der Waals surface area contributed by atoms with Gasteiger partial charge in [0.25, 0.3) is 0 Å². The first-order chi connectivity index (χ1) is 11.2. The van der Waals surface area contributed by atoms with Gasteiger partial charge in [0.1, 0.15) is 5.60 Å². The summed E-state index contributed by atoms with van der Waals surface area (Å²) in [4.78, 5) is 9.11. The molecule has 1 atom stereocenters. The Hall–Kier alpha value is -2.30. The van der Waals surface area contributed by atoms with Gasteiger partial charge in [0.05, 0.1) is 11.8 Å². The Labute approximate surface area is 140 Å². The predicted octanol–water partition coefficient (Wildman–Crippen LogP) is 4.37. The highest BCUT2D eigenvalue weighted by Crippen LogP contribution is 2.35. The highest BCUT2D eigenvalue weighted by Gasteiger charge is 2.35. The number of aromatic nitrogens is 1. The van der Waals surface area contributed by atoms with E-state index in [-0.39, 0.29) is 11.8 Å². The molecule has 1 aromatic heterocycles. The Morgan fingerprint density at radius 3 is 2.54 bits per heavy atom. The molecule has 0 aliphatic carbocycles. The molecule has 0 bridgehead atoms. The van der Waals surface area contributed by atoms with Crippen LogP contribution in [0.4, 0.5) is 8.78 Å². The Kier molecular flexibility index (Phi) is 3.90. The summed E-state index contributed by atoms with van der Waals surface area (Å²) in [5.41, 5.74) is 2.94. The molecule has 24 heavy (non-hydrogen) atoms. The number of pyridine rings is 1. The van der Waals surface area contributed by atoms with Crippen molar-refractivity contribution in [1.82, 2.24) is 4.98 Å². The molecule has 0 saturated carbocycles. The molecular formula is C19H20F2N2O. The summed E-state index contributed by atoms with van der Waals surface area (Å²) in [5.74, 6) is -2.02. The molecule has 3 rings (SSSR count). The first-order valence-corrected chi connectivity index (χ1v) is 7.89. The summed E-state index contributed by atoms with van der Waals surface area (Å²) in [5, 5.41) is 0.